The van der Waals surface area contributed by atoms with Crippen LogP contribution in [0.5, 0.6) is 0 Å². The summed E-state index contributed by atoms with van der Waals surface area (Å²) >= 11 is 0. The van der Waals surface area contributed by atoms with E-state index in [-0.39, 0.29) is 24.1 Å². The summed E-state index contributed by atoms with van der Waals surface area (Å²) in [6, 6.07) is 5.09. The zero-order valence-electron chi connectivity index (χ0n) is 16.3. The van der Waals surface area contributed by atoms with Crippen molar-refractivity contribution in [1.29, 1.82) is 0 Å². The van der Waals surface area contributed by atoms with Crippen LogP contribution in [-0.2, 0) is 14.4 Å². The third-order valence-corrected chi connectivity index (χ3v) is 5.82. The Morgan fingerprint density at radius 3 is 2.17 bits per heavy atom. The summed E-state index contributed by atoms with van der Waals surface area (Å²) in [5.74, 6) is -2.05. The van der Waals surface area contributed by atoms with E-state index in [2.05, 4.69) is 16.2 Å². The summed E-state index contributed by atoms with van der Waals surface area (Å²) in [6.07, 6.45) is 0.786. The Bertz CT molecular complexity index is 916. The summed E-state index contributed by atoms with van der Waals surface area (Å²) in [6.45, 7) is 5.10. The maximum absolute atomic E-state index is 12.9. The number of nitro benzene ring substituents is 1. The number of nitro groups is 1. The zero-order chi connectivity index (χ0) is 21.6. The number of hydrogen-bond donors (Lipinski definition) is 3. The molecule has 1 heterocycles. The van der Waals surface area contributed by atoms with Crippen LogP contribution in [0.4, 0.5) is 5.69 Å². The molecule has 2 atom stereocenters. The van der Waals surface area contributed by atoms with Gasteiger partial charge < -0.3 is 0 Å². The Morgan fingerprint density at radius 2 is 1.62 bits per heavy atom. The van der Waals surface area contributed by atoms with Gasteiger partial charge in [0.1, 0.15) is 0 Å². The maximum atomic E-state index is 12.9. The molecule has 0 radical (unpaired) electrons. The molecule has 2 aliphatic rings. The fourth-order valence-corrected chi connectivity index (χ4v) is 4.75. The number of fused-ring (bicyclic) bond motifs is 2. The predicted molar refractivity (Wildman–Crippen MR) is 100 cm³/mol. The molecule has 3 rings (SSSR count). The predicted octanol–water partition coefficient (Wildman–Crippen LogP) is 1.21. The number of nitrogens with zero attached hydrogens (tertiary/aromatic N) is 1. The number of carbonyl (C=O) groups excluding carboxylic acids is 4. The summed E-state index contributed by atoms with van der Waals surface area (Å²) in [7, 11) is 0. The van der Waals surface area contributed by atoms with E-state index in [4.69, 9.17) is 0 Å². The van der Waals surface area contributed by atoms with Crippen molar-refractivity contribution in [3.05, 3.63) is 39.9 Å². The van der Waals surface area contributed by atoms with Crippen LogP contribution < -0.4 is 16.2 Å². The van der Waals surface area contributed by atoms with Crippen LogP contribution >= 0.6 is 0 Å². The molecule has 1 aromatic carbocycles. The van der Waals surface area contributed by atoms with Crippen LogP contribution in [0.2, 0.25) is 0 Å². The molecule has 1 aromatic rings. The average Bonchev–Trinajstić information content (AvgIpc) is 2.63. The van der Waals surface area contributed by atoms with Gasteiger partial charge in [0, 0.05) is 28.5 Å². The van der Waals surface area contributed by atoms with E-state index in [0.717, 1.165) is 6.07 Å². The molecule has 2 fully saturated rings. The molecule has 154 valence electrons. The van der Waals surface area contributed by atoms with Crippen LogP contribution in [0.25, 0.3) is 0 Å². The first-order chi connectivity index (χ1) is 13.4. The van der Waals surface area contributed by atoms with E-state index in [9.17, 15) is 29.3 Å². The third kappa shape index (κ3) is 3.57. The molecule has 1 aliphatic carbocycles. The summed E-state index contributed by atoms with van der Waals surface area (Å²) in [4.78, 5) is 60.1. The third-order valence-electron chi connectivity index (χ3n) is 5.82. The van der Waals surface area contributed by atoms with Crippen LogP contribution in [0.1, 0.15) is 50.4 Å². The van der Waals surface area contributed by atoms with E-state index in [1.54, 1.807) is 20.8 Å². The van der Waals surface area contributed by atoms with Gasteiger partial charge >= 0.3 is 0 Å². The molecule has 29 heavy (non-hydrogen) atoms. The molecular weight excluding hydrogens is 380 g/mol. The first-order valence-electron chi connectivity index (χ1n) is 9.10. The number of rotatable bonds is 3. The number of hydrazine groups is 1. The lowest BCUT2D eigenvalue weighted by atomic mass is 9.52. The lowest BCUT2D eigenvalue weighted by molar-refractivity contribution is -0.384. The van der Waals surface area contributed by atoms with Gasteiger partial charge in [-0.05, 0) is 25.3 Å². The smallest absolute Gasteiger partial charge is 0.270 e. The van der Waals surface area contributed by atoms with Crippen molar-refractivity contribution in [2.75, 3.05) is 0 Å². The van der Waals surface area contributed by atoms with Gasteiger partial charge in [-0.25, -0.2) is 0 Å². The number of piperidine rings is 1. The van der Waals surface area contributed by atoms with Crippen LogP contribution in [-0.4, -0.2) is 28.6 Å². The Balaban J connectivity index is 1.74. The molecule has 3 N–H and O–H groups in total. The van der Waals surface area contributed by atoms with Gasteiger partial charge in [0.2, 0.25) is 17.7 Å². The van der Waals surface area contributed by atoms with Crippen molar-refractivity contribution in [2.45, 2.75) is 40.0 Å². The molecule has 1 saturated heterocycles. The normalized spacial score (nSPS) is 30.9. The lowest BCUT2D eigenvalue weighted by Gasteiger charge is -2.53. The van der Waals surface area contributed by atoms with Gasteiger partial charge in [0.15, 0.2) is 0 Å². The summed E-state index contributed by atoms with van der Waals surface area (Å²) in [5.41, 5.74) is 1.54. The number of non-ortho nitro benzene ring substituents is 1. The number of carbonyl (C=O) groups is 4. The van der Waals surface area contributed by atoms with Crippen molar-refractivity contribution < 1.29 is 24.1 Å². The van der Waals surface area contributed by atoms with Gasteiger partial charge in [-0.3, -0.25) is 45.5 Å². The van der Waals surface area contributed by atoms with Gasteiger partial charge in [0.05, 0.1) is 10.3 Å². The van der Waals surface area contributed by atoms with Gasteiger partial charge in [-0.2, -0.15) is 0 Å². The topological polar surface area (TPSA) is 148 Å². The molecule has 1 aliphatic heterocycles. The highest BCUT2D eigenvalue weighted by Gasteiger charge is 2.60. The molecule has 4 amide bonds. The largest absolute Gasteiger partial charge is 0.296 e. The molecular formula is C19H22N4O6. The Labute approximate surface area is 166 Å². The van der Waals surface area contributed by atoms with Gasteiger partial charge in [-0.15, -0.1) is 0 Å². The molecule has 0 spiro atoms. The van der Waals surface area contributed by atoms with Crippen molar-refractivity contribution in [2.24, 2.45) is 16.2 Å². The number of amides is 4. The molecule has 2 bridgehead atoms. The second kappa shape index (κ2) is 6.64. The maximum Gasteiger partial charge on any atom is 0.270 e. The van der Waals surface area contributed by atoms with Crippen LogP contribution in [0.3, 0.4) is 0 Å². The second-order valence-corrected chi connectivity index (χ2v) is 8.71. The fraction of sp³-hybridized carbons (Fsp3) is 0.474. The summed E-state index contributed by atoms with van der Waals surface area (Å²) < 4.78 is 0. The van der Waals surface area contributed by atoms with E-state index >= 15 is 0 Å². The van der Waals surface area contributed by atoms with Gasteiger partial charge in [0.25, 0.3) is 11.6 Å². The minimum absolute atomic E-state index is 0.0126. The SMILES string of the molecule is CC1(C(=O)NNC(=O)c2cccc([N+](=O)[O-])c2)CC2(C)CC(C)(C1)C(=O)NC2=O. The van der Waals surface area contributed by atoms with E-state index in [1.807, 2.05) is 0 Å². The highest BCUT2D eigenvalue weighted by molar-refractivity contribution is 6.04. The Morgan fingerprint density at radius 1 is 1.03 bits per heavy atom. The number of imide groups is 1. The average molecular weight is 402 g/mol. The minimum atomic E-state index is -1.06. The number of nitrogens with one attached hydrogen (secondary N) is 3. The molecule has 2 unspecified atom stereocenters. The van der Waals surface area contributed by atoms with E-state index in [0.29, 0.717) is 6.42 Å². The fourth-order valence-electron chi connectivity index (χ4n) is 4.75. The monoisotopic (exact) mass is 402 g/mol. The Kier molecular flexibility index (Phi) is 4.68. The van der Waals surface area contributed by atoms with E-state index in [1.165, 1.54) is 18.2 Å². The molecule has 10 nitrogen and oxygen atoms in total. The zero-order valence-corrected chi connectivity index (χ0v) is 16.3. The number of hydrogen-bond acceptors (Lipinski definition) is 6. The highest BCUT2D eigenvalue weighted by Crippen LogP contribution is 2.56. The van der Waals surface area contributed by atoms with Gasteiger partial charge in [-0.1, -0.05) is 26.8 Å². The van der Waals surface area contributed by atoms with Crippen molar-refractivity contribution in [3.8, 4) is 0 Å². The number of benzene rings is 1. The quantitative estimate of drug-likeness (QED) is 0.393. The van der Waals surface area contributed by atoms with Crippen molar-refractivity contribution in [1.82, 2.24) is 16.2 Å². The lowest BCUT2D eigenvalue weighted by Crippen LogP contribution is -2.64. The van der Waals surface area contributed by atoms with Crippen molar-refractivity contribution >= 4 is 29.3 Å². The Hall–Kier alpha value is -3.30. The minimum Gasteiger partial charge on any atom is -0.296 e. The first-order valence-corrected chi connectivity index (χ1v) is 9.10. The second-order valence-electron chi connectivity index (χ2n) is 8.71. The summed E-state index contributed by atoms with van der Waals surface area (Å²) in [5, 5.41) is 13.2. The highest BCUT2D eigenvalue weighted by atomic mass is 16.6. The molecule has 1 saturated carbocycles. The molecule has 10 heteroatoms. The van der Waals surface area contributed by atoms with Crippen molar-refractivity contribution in [3.63, 3.8) is 0 Å². The van der Waals surface area contributed by atoms with Crippen LogP contribution in [0.15, 0.2) is 24.3 Å². The van der Waals surface area contributed by atoms with E-state index < -0.39 is 44.8 Å². The van der Waals surface area contributed by atoms with Crippen LogP contribution in [0, 0.1) is 26.4 Å². The first kappa shape index (κ1) is 20.4. The molecule has 0 aromatic heterocycles. The standard InChI is InChI=1S/C19H22N4O6/c1-17-8-18(2,15(26)20-14(17)25)10-19(3,9-17)16(27)22-21-13(24)11-5-4-6-12(7-11)23(28)29/h4-7H,8-10H2,1-3H3,(H,21,24)(H,22,27)(H,20,25,26).